The summed E-state index contributed by atoms with van der Waals surface area (Å²) >= 11 is 0. The number of carbonyl (C=O) groups excluding carboxylic acids is 1. The van der Waals surface area contributed by atoms with Gasteiger partial charge >= 0.3 is 6.03 Å². The van der Waals surface area contributed by atoms with Crippen LogP contribution in [0, 0.1) is 17.3 Å². The van der Waals surface area contributed by atoms with Gasteiger partial charge in [-0.2, -0.15) is 0 Å². The van der Waals surface area contributed by atoms with E-state index in [-0.39, 0.29) is 12.1 Å². The van der Waals surface area contributed by atoms with Crippen LogP contribution in [0.5, 0.6) is 0 Å². The Balaban J connectivity index is 1.71. The van der Waals surface area contributed by atoms with Crippen molar-refractivity contribution < 1.29 is 14.6 Å². The van der Waals surface area contributed by atoms with Crippen LogP contribution < -0.4 is 10.6 Å². The van der Waals surface area contributed by atoms with E-state index in [1.54, 1.807) is 0 Å². The molecule has 1 atom stereocenters. The van der Waals surface area contributed by atoms with E-state index in [4.69, 9.17) is 4.74 Å². The van der Waals surface area contributed by atoms with Gasteiger partial charge in [-0.1, -0.05) is 20.8 Å². The summed E-state index contributed by atoms with van der Waals surface area (Å²) in [5, 5.41) is 16.6. The van der Waals surface area contributed by atoms with Crippen molar-refractivity contribution >= 4 is 6.03 Å². The zero-order valence-electron chi connectivity index (χ0n) is 15.9. The smallest absolute Gasteiger partial charge is 0.315 e. The molecule has 2 rings (SSSR count). The maximum absolute atomic E-state index is 12.1. The number of ether oxygens (including phenoxy) is 1. The lowest BCUT2D eigenvalue weighted by Crippen LogP contribution is -2.51. The Labute approximate surface area is 146 Å². The normalized spacial score (nSPS) is 30.6. The van der Waals surface area contributed by atoms with Crippen molar-refractivity contribution in [2.45, 2.75) is 77.9 Å². The number of urea groups is 1. The Morgan fingerprint density at radius 3 is 2.33 bits per heavy atom. The van der Waals surface area contributed by atoms with E-state index < -0.39 is 5.60 Å². The molecular formula is C19H36N2O3. The molecule has 3 N–H and O–H groups in total. The summed E-state index contributed by atoms with van der Waals surface area (Å²) in [5.74, 6) is 1.13. The molecule has 1 aliphatic carbocycles. The molecular weight excluding hydrogens is 304 g/mol. The molecule has 2 amide bonds. The van der Waals surface area contributed by atoms with Gasteiger partial charge in [-0.25, -0.2) is 4.79 Å². The van der Waals surface area contributed by atoms with E-state index in [0.717, 1.165) is 51.7 Å². The van der Waals surface area contributed by atoms with E-state index in [2.05, 4.69) is 38.3 Å². The summed E-state index contributed by atoms with van der Waals surface area (Å²) < 4.78 is 5.37. The fraction of sp³-hybridized carbons (Fsp3) is 0.947. The van der Waals surface area contributed by atoms with E-state index in [1.165, 1.54) is 0 Å². The number of aliphatic hydroxyl groups is 1. The molecule has 0 bridgehead atoms. The Kier molecular flexibility index (Phi) is 6.54. The highest BCUT2D eigenvalue weighted by molar-refractivity contribution is 5.74. The Morgan fingerprint density at radius 2 is 1.79 bits per heavy atom. The first-order chi connectivity index (χ1) is 11.2. The highest BCUT2D eigenvalue weighted by atomic mass is 16.5. The summed E-state index contributed by atoms with van der Waals surface area (Å²) in [5.41, 5.74) is -0.452. The van der Waals surface area contributed by atoms with Crippen LogP contribution in [-0.2, 0) is 4.74 Å². The van der Waals surface area contributed by atoms with Crippen LogP contribution in [0.25, 0.3) is 0 Å². The van der Waals surface area contributed by atoms with Gasteiger partial charge in [0.2, 0.25) is 0 Å². The lowest BCUT2D eigenvalue weighted by Gasteiger charge is -2.41. The van der Waals surface area contributed by atoms with Gasteiger partial charge in [0.25, 0.3) is 0 Å². The van der Waals surface area contributed by atoms with Gasteiger partial charge in [0, 0.05) is 25.8 Å². The van der Waals surface area contributed by atoms with Crippen molar-refractivity contribution in [1.29, 1.82) is 0 Å². The molecule has 0 aromatic carbocycles. The molecule has 1 heterocycles. The van der Waals surface area contributed by atoms with Crippen LogP contribution in [0.4, 0.5) is 4.79 Å². The molecule has 1 saturated carbocycles. The zero-order valence-corrected chi connectivity index (χ0v) is 15.9. The second-order valence-electron chi connectivity index (χ2n) is 8.93. The first-order valence-electron chi connectivity index (χ1n) is 9.54. The van der Waals surface area contributed by atoms with Gasteiger partial charge in [0.05, 0.1) is 5.60 Å². The number of carbonyl (C=O) groups is 1. The number of rotatable bonds is 4. The van der Waals surface area contributed by atoms with Crippen molar-refractivity contribution in [3.05, 3.63) is 0 Å². The SMILES string of the molecule is CC(NC(=O)NCC1(O)CCC(C(C)(C)C)CC1)C1CCOCC1. The topological polar surface area (TPSA) is 70.6 Å². The van der Waals surface area contributed by atoms with Gasteiger partial charge in [0.1, 0.15) is 0 Å². The van der Waals surface area contributed by atoms with Gasteiger partial charge in [-0.05, 0) is 62.7 Å². The predicted octanol–water partition coefficient (Wildman–Crippen LogP) is 3.07. The molecule has 0 aromatic heterocycles. The monoisotopic (exact) mass is 340 g/mol. The third-order valence-corrected chi connectivity index (χ3v) is 6.05. The third-order valence-electron chi connectivity index (χ3n) is 6.05. The molecule has 2 fully saturated rings. The van der Waals surface area contributed by atoms with E-state index in [9.17, 15) is 9.90 Å². The fourth-order valence-corrected chi connectivity index (χ4v) is 4.03. The number of hydrogen-bond acceptors (Lipinski definition) is 3. The number of amides is 2. The van der Waals surface area contributed by atoms with Crippen molar-refractivity contribution in [2.24, 2.45) is 17.3 Å². The number of nitrogens with one attached hydrogen (secondary N) is 2. The Morgan fingerprint density at radius 1 is 1.21 bits per heavy atom. The summed E-state index contributed by atoms with van der Waals surface area (Å²) in [6.45, 7) is 10.8. The molecule has 1 aliphatic heterocycles. The van der Waals surface area contributed by atoms with E-state index in [0.29, 0.717) is 23.8 Å². The molecule has 0 spiro atoms. The minimum atomic E-state index is -0.749. The second kappa shape index (κ2) is 8.05. The van der Waals surface area contributed by atoms with Crippen LogP contribution in [0.2, 0.25) is 0 Å². The van der Waals surface area contributed by atoms with E-state index in [1.807, 2.05) is 0 Å². The predicted molar refractivity (Wildman–Crippen MR) is 95.9 cm³/mol. The Bertz CT molecular complexity index is 405. The Hall–Kier alpha value is -0.810. The lowest BCUT2D eigenvalue weighted by molar-refractivity contribution is -0.0219. The summed E-state index contributed by atoms with van der Waals surface area (Å²) in [6.07, 6.45) is 5.60. The maximum Gasteiger partial charge on any atom is 0.315 e. The van der Waals surface area contributed by atoms with Crippen LogP contribution in [0.15, 0.2) is 0 Å². The quantitative estimate of drug-likeness (QED) is 0.736. The fourth-order valence-electron chi connectivity index (χ4n) is 4.03. The van der Waals surface area contributed by atoms with Crippen LogP contribution in [0.1, 0.15) is 66.2 Å². The molecule has 0 aromatic rings. The summed E-state index contributed by atoms with van der Waals surface area (Å²) in [7, 11) is 0. The lowest BCUT2D eigenvalue weighted by atomic mass is 9.68. The van der Waals surface area contributed by atoms with Crippen LogP contribution in [-0.4, -0.2) is 42.5 Å². The van der Waals surface area contributed by atoms with Crippen molar-refractivity contribution in [1.82, 2.24) is 10.6 Å². The van der Waals surface area contributed by atoms with Crippen molar-refractivity contribution in [2.75, 3.05) is 19.8 Å². The molecule has 5 heteroatoms. The first kappa shape index (κ1) is 19.5. The van der Waals surface area contributed by atoms with E-state index >= 15 is 0 Å². The van der Waals surface area contributed by atoms with Gasteiger partial charge < -0.3 is 20.5 Å². The summed E-state index contributed by atoms with van der Waals surface area (Å²) in [4.78, 5) is 12.1. The maximum atomic E-state index is 12.1. The first-order valence-corrected chi connectivity index (χ1v) is 9.54. The molecule has 1 saturated heterocycles. The minimum Gasteiger partial charge on any atom is -0.388 e. The highest BCUT2D eigenvalue weighted by Gasteiger charge is 2.37. The molecule has 2 aliphatic rings. The molecule has 140 valence electrons. The molecule has 0 radical (unpaired) electrons. The molecule has 5 nitrogen and oxygen atoms in total. The van der Waals surface area contributed by atoms with Crippen molar-refractivity contribution in [3.8, 4) is 0 Å². The van der Waals surface area contributed by atoms with Crippen molar-refractivity contribution in [3.63, 3.8) is 0 Å². The standard InChI is InChI=1S/C19H36N2O3/c1-14(15-7-11-24-12-8-15)21-17(22)20-13-19(23)9-5-16(6-10-19)18(2,3)4/h14-16,23H,5-13H2,1-4H3,(H2,20,21,22). The highest BCUT2D eigenvalue weighted by Crippen LogP contribution is 2.41. The van der Waals surface area contributed by atoms with Gasteiger partial charge in [0.15, 0.2) is 0 Å². The minimum absolute atomic E-state index is 0.139. The molecule has 24 heavy (non-hydrogen) atoms. The van der Waals surface area contributed by atoms with Crippen LogP contribution in [0.3, 0.4) is 0 Å². The second-order valence-corrected chi connectivity index (χ2v) is 8.93. The third kappa shape index (κ3) is 5.62. The number of hydrogen-bond donors (Lipinski definition) is 3. The van der Waals surface area contributed by atoms with Gasteiger partial charge in [-0.15, -0.1) is 0 Å². The van der Waals surface area contributed by atoms with Crippen LogP contribution >= 0.6 is 0 Å². The van der Waals surface area contributed by atoms with Gasteiger partial charge in [-0.3, -0.25) is 0 Å². The molecule has 1 unspecified atom stereocenters. The average molecular weight is 341 g/mol. The summed E-state index contributed by atoms with van der Waals surface area (Å²) in [6, 6.07) is -0.0273. The largest absolute Gasteiger partial charge is 0.388 e. The average Bonchev–Trinajstić information content (AvgIpc) is 2.53. The zero-order chi connectivity index (χ0) is 17.8.